The van der Waals surface area contributed by atoms with Gasteiger partial charge in [-0.05, 0) is 50.1 Å². The van der Waals surface area contributed by atoms with Crippen LogP contribution in [0.4, 0.5) is 13.2 Å². The number of nitrogens with zero attached hydrogens (tertiary/aromatic N) is 1. The lowest BCUT2D eigenvalue weighted by Gasteiger charge is -2.21. The van der Waals surface area contributed by atoms with Gasteiger partial charge in [0.15, 0.2) is 0 Å². The zero-order valence-corrected chi connectivity index (χ0v) is 20.0. The van der Waals surface area contributed by atoms with Gasteiger partial charge in [-0.1, -0.05) is 48.9 Å². The minimum Gasteiger partial charge on any atom is -0.462 e. The Morgan fingerprint density at radius 2 is 1.79 bits per heavy atom. The van der Waals surface area contributed by atoms with Gasteiger partial charge in [-0.25, -0.2) is 4.79 Å². The molecule has 34 heavy (non-hydrogen) atoms. The Bertz CT molecular complexity index is 1130. The zero-order chi connectivity index (χ0) is 24.9. The number of carbonyl (C=O) groups is 1. The molecule has 0 fully saturated rings. The van der Waals surface area contributed by atoms with Gasteiger partial charge in [0.25, 0.3) is 0 Å². The zero-order valence-electron chi connectivity index (χ0n) is 19.3. The van der Waals surface area contributed by atoms with Gasteiger partial charge in [0, 0.05) is 22.8 Å². The Morgan fingerprint density at radius 1 is 1.09 bits per heavy atom. The molecule has 0 spiro atoms. The molecule has 0 amide bonds. The largest absolute Gasteiger partial charge is 0.462 e. The summed E-state index contributed by atoms with van der Waals surface area (Å²) in [5.41, 5.74) is 1.24. The number of esters is 1. The Hall–Kier alpha value is -2.77. The van der Waals surface area contributed by atoms with Crippen molar-refractivity contribution in [2.45, 2.75) is 52.5 Å². The molecule has 3 rings (SSSR count). The first-order chi connectivity index (χ1) is 16.2. The molecule has 0 unspecified atom stereocenters. The van der Waals surface area contributed by atoms with Gasteiger partial charge in [-0.2, -0.15) is 13.2 Å². The predicted octanol–water partition coefficient (Wildman–Crippen LogP) is 7.04. The van der Waals surface area contributed by atoms with Crippen molar-refractivity contribution < 1.29 is 27.4 Å². The van der Waals surface area contributed by atoms with Gasteiger partial charge < -0.3 is 14.0 Å². The summed E-state index contributed by atoms with van der Waals surface area (Å²) in [6.07, 6.45) is -4.34. The maximum atomic E-state index is 14.0. The van der Waals surface area contributed by atoms with Crippen molar-refractivity contribution >= 4 is 17.6 Å². The molecule has 2 aromatic carbocycles. The second-order valence-electron chi connectivity index (χ2n) is 7.88. The average molecular weight is 494 g/mol. The van der Waals surface area contributed by atoms with Crippen molar-refractivity contribution in [1.29, 1.82) is 0 Å². The van der Waals surface area contributed by atoms with Crippen molar-refractivity contribution in [3.8, 4) is 5.69 Å². The van der Waals surface area contributed by atoms with Gasteiger partial charge in [-0.3, -0.25) is 0 Å². The van der Waals surface area contributed by atoms with Crippen LogP contribution in [0.5, 0.6) is 0 Å². The molecule has 1 atom stereocenters. The fourth-order valence-corrected chi connectivity index (χ4v) is 4.06. The number of carbonyl (C=O) groups excluding carboxylic acids is 1. The van der Waals surface area contributed by atoms with E-state index in [1.807, 2.05) is 37.3 Å². The number of halogens is 4. The van der Waals surface area contributed by atoms with E-state index >= 15 is 0 Å². The summed E-state index contributed by atoms with van der Waals surface area (Å²) in [7, 11) is 0. The molecule has 1 aromatic heterocycles. The normalized spacial score (nSPS) is 12.6. The minimum atomic E-state index is -4.63. The predicted molar refractivity (Wildman–Crippen MR) is 126 cm³/mol. The molecule has 0 N–H and O–H groups in total. The lowest BCUT2D eigenvalue weighted by atomic mass is 10.1. The molecule has 0 saturated heterocycles. The van der Waals surface area contributed by atoms with Gasteiger partial charge in [0.1, 0.15) is 0 Å². The second-order valence-corrected chi connectivity index (χ2v) is 8.31. The van der Waals surface area contributed by atoms with Gasteiger partial charge >= 0.3 is 12.1 Å². The topological polar surface area (TPSA) is 40.5 Å². The smallest absolute Gasteiger partial charge is 0.418 e. The molecule has 3 aromatic rings. The lowest BCUT2D eigenvalue weighted by Crippen LogP contribution is -2.18. The van der Waals surface area contributed by atoms with Crippen LogP contribution < -0.4 is 0 Å². The van der Waals surface area contributed by atoms with E-state index in [2.05, 4.69) is 0 Å². The summed E-state index contributed by atoms with van der Waals surface area (Å²) >= 11 is 5.90. The second kappa shape index (κ2) is 11.1. The third kappa shape index (κ3) is 6.02. The summed E-state index contributed by atoms with van der Waals surface area (Å²) in [6.45, 7) is 5.85. The highest BCUT2D eigenvalue weighted by atomic mass is 35.5. The fraction of sp³-hybridized carbons (Fsp3) is 0.346. The highest BCUT2D eigenvalue weighted by molar-refractivity contribution is 6.30. The monoisotopic (exact) mass is 493 g/mol. The van der Waals surface area contributed by atoms with Crippen molar-refractivity contribution in [2.24, 2.45) is 0 Å². The van der Waals surface area contributed by atoms with Gasteiger partial charge in [-0.15, -0.1) is 0 Å². The van der Waals surface area contributed by atoms with Crippen LogP contribution in [0.1, 0.15) is 53.6 Å². The Kier molecular flexibility index (Phi) is 8.44. The summed E-state index contributed by atoms with van der Waals surface area (Å²) in [6, 6.07) is 14.9. The van der Waals surface area contributed by atoms with Crippen LogP contribution >= 0.6 is 11.6 Å². The van der Waals surface area contributed by atoms with E-state index in [0.29, 0.717) is 30.8 Å². The van der Waals surface area contributed by atoms with E-state index in [0.717, 1.165) is 11.6 Å². The number of aromatic nitrogens is 1. The molecule has 182 valence electrons. The first-order valence-corrected chi connectivity index (χ1v) is 11.5. The quantitative estimate of drug-likeness (QED) is 0.300. The molecule has 8 heteroatoms. The molecule has 0 aliphatic heterocycles. The SMILES string of the molecule is CCOC(=O)c1cc(C[C@H](C)OCc2ccccc2)n(-c2ccc(Cl)cc2C(F)(F)F)c1CC. The van der Waals surface area contributed by atoms with E-state index < -0.39 is 17.7 Å². The van der Waals surface area contributed by atoms with Crippen molar-refractivity contribution in [3.63, 3.8) is 0 Å². The van der Waals surface area contributed by atoms with Crippen LogP contribution in [-0.4, -0.2) is 23.2 Å². The number of ether oxygens (including phenoxy) is 2. The summed E-state index contributed by atoms with van der Waals surface area (Å²) in [5.74, 6) is -0.570. The minimum absolute atomic E-state index is 0.0204. The average Bonchev–Trinajstić information content (AvgIpc) is 3.16. The first-order valence-electron chi connectivity index (χ1n) is 11.1. The molecule has 0 aliphatic rings. The third-order valence-electron chi connectivity index (χ3n) is 5.39. The third-order valence-corrected chi connectivity index (χ3v) is 5.62. The Morgan fingerprint density at radius 3 is 2.41 bits per heavy atom. The standard InChI is InChI=1S/C26H27ClF3NO3/c1-4-23-21(25(32)33-5-2)15-20(13-17(3)34-16-18-9-7-6-8-10-18)31(23)24-12-11-19(27)14-22(24)26(28,29)30/h6-12,14-15,17H,4-5,13,16H2,1-3H3/t17-/m0/s1. The van der Waals surface area contributed by atoms with E-state index in [-0.39, 0.29) is 29.0 Å². The van der Waals surface area contributed by atoms with E-state index in [1.54, 1.807) is 19.9 Å². The molecule has 4 nitrogen and oxygen atoms in total. The summed E-state index contributed by atoms with van der Waals surface area (Å²) in [4.78, 5) is 12.6. The van der Waals surface area contributed by atoms with Gasteiger partial charge in [0.05, 0.1) is 36.1 Å². The number of benzene rings is 2. The number of rotatable bonds is 9. The number of alkyl halides is 3. The van der Waals surface area contributed by atoms with Crippen molar-refractivity contribution in [2.75, 3.05) is 6.61 Å². The maximum absolute atomic E-state index is 14.0. The summed E-state index contributed by atoms with van der Waals surface area (Å²) < 4.78 is 54.5. The van der Waals surface area contributed by atoms with Crippen molar-refractivity contribution in [1.82, 2.24) is 4.57 Å². The van der Waals surface area contributed by atoms with Crippen LogP contribution in [0.25, 0.3) is 5.69 Å². The molecule has 0 bridgehead atoms. The van der Waals surface area contributed by atoms with Crippen LogP contribution in [0.15, 0.2) is 54.6 Å². The summed E-state index contributed by atoms with van der Waals surface area (Å²) in [5, 5.41) is -0.0204. The fourth-order valence-electron chi connectivity index (χ4n) is 3.89. The van der Waals surface area contributed by atoms with E-state index in [9.17, 15) is 18.0 Å². The van der Waals surface area contributed by atoms with Gasteiger partial charge in [0.2, 0.25) is 0 Å². The molecular formula is C26H27ClF3NO3. The molecule has 1 heterocycles. The molecular weight excluding hydrogens is 467 g/mol. The van der Waals surface area contributed by atoms with Crippen LogP contribution in [-0.2, 0) is 35.1 Å². The molecule has 0 aliphatic carbocycles. The number of hydrogen-bond acceptors (Lipinski definition) is 3. The van der Waals surface area contributed by atoms with E-state index in [1.165, 1.54) is 16.7 Å². The Labute approximate surface area is 202 Å². The molecule has 0 radical (unpaired) electrons. The lowest BCUT2D eigenvalue weighted by molar-refractivity contribution is -0.137. The van der Waals surface area contributed by atoms with Crippen LogP contribution in [0.3, 0.4) is 0 Å². The van der Waals surface area contributed by atoms with Crippen molar-refractivity contribution in [3.05, 3.63) is 87.7 Å². The van der Waals surface area contributed by atoms with Crippen LogP contribution in [0.2, 0.25) is 5.02 Å². The maximum Gasteiger partial charge on any atom is 0.418 e. The number of hydrogen-bond donors (Lipinski definition) is 0. The highest BCUT2D eigenvalue weighted by Gasteiger charge is 2.36. The van der Waals surface area contributed by atoms with E-state index in [4.69, 9.17) is 21.1 Å². The first kappa shape index (κ1) is 25.8. The Balaban J connectivity index is 2.06. The van der Waals surface area contributed by atoms with Crippen LogP contribution in [0, 0.1) is 0 Å². The highest BCUT2D eigenvalue weighted by Crippen LogP contribution is 2.38. The molecule has 0 saturated carbocycles.